The first-order valence-electron chi connectivity index (χ1n) is 8.83. The predicted molar refractivity (Wildman–Crippen MR) is 117 cm³/mol. The van der Waals surface area contributed by atoms with Crippen molar-refractivity contribution in [3.8, 4) is 0 Å². The highest BCUT2D eigenvalue weighted by molar-refractivity contribution is 14.0. The topological polar surface area (TPSA) is 79.0 Å². The maximum absolute atomic E-state index is 12.5. The largest absolute Gasteiger partial charge is 0.370 e. The van der Waals surface area contributed by atoms with Gasteiger partial charge in [-0.1, -0.05) is 19.1 Å². The predicted octanol–water partition coefficient (Wildman–Crippen LogP) is 2.88. The van der Waals surface area contributed by atoms with E-state index in [2.05, 4.69) is 16.8 Å². The Bertz CT molecular complexity index is 704. The van der Waals surface area contributed by atoms with Crippen LogP contribution in [0.2, 0.25) is 0 Å². The Kier molecular flexibility index (Phi) is 8.81. The fourth-order valence-corrected chi connectivity index (χ4v) is 4.25. The number of halogens is 1. The fraction of sp³-hybridized carbons (Fsp3) is 0.611. The molecule has 1 aliphatic rings. The Morgan fingerprint density at radius 3 is 2.50 bits per heavy atom. The number of aliphatic imine (C=N–C) groups is 1. The summed E-state index contributed by atoms with van der Waals surface area (Å²) in [4.78, 5) is 6.90. The molecule has 1 fully saturated rings. The molecule has 0 radical (unpaired) electrons. The second-order valence-electron chi connectivity index (χ2n) is 7.13. The highest BCUT2D eigenvalue weighted by Gasteiger charge is 2.22. The second kappa shape index (κ2) is 9.89. The number of hydrogen-bond donors (Lipinski definition) is 1. The quantitative estimate of drug-likeness (QED) is 0.388. The van der Waals surface area contributed by atoms with E-state index < -0.39 is 10.0 Å². The Balaban J connectivity index is 0.00000338. The van der Waals surface area contributed by atoms with E-state index in [0.29, 0.717) is 23.3 Å². The summed E-state index contributed by atoms with van der Waals surface area (Å²) in [5, 5.41) is 0. The molecule has 148 valence electrons. The van der Waals surface area contributed by atoms with Gasteiger partial charge in [-0.25, -0.2) is 13.4 Å². The van der Waals surface area contributed by atoms with E-state index in [0.717, 1.165) is 25.1 Å². The number of nitrogens with two attached hydrogens (primary N) is 1. The SMILES string of the molecule is CC1CCCN(C(N)=NCc2ccc(S(=O)(=O)N(C)C(C)C)cc2)C1.I. The van der Waals surface area contributed by atoms with E-state index in [1.54, 1.807) is 31.3 Å². The maximum atomic E-state index is 12.5. The van der Waals surface area contributed by atoms with Crippen LogP contribution in [0.5, 0.6) is 0 Å². The highest BCUT2D eigenvalue weighted by Crippen LogP contribution is 2.18. The third-order valence-electron chi connectivity index (χ3n) is 4.73. The molecule has 0 spiro atoms. The Morgan fingerprint density at radius 2 is 1.96 bits per heavy atom. The standard InChI is InChI=1S/C18H30N4O2S.HI/c1-14(2)21(4)25(23,24)17-9-7-16(8-10-17)12-20-18(19)22-11-5-6-15(3)13-22;/h7-10,14-15H,5-6,11-13H2,1-4H3,(H2,19,20);1H. The van der Waals surface area contributed by atoms with E-state index in [9.17, 15) is 8.42 Å². The third-order valence-corrected chi connectivity index (χ3v) is 6.78. The molecule has 0 bridgehead atoms. The lowest BCUT2D eigenvalue weighted by atomic mass is 10.0. The van der Waals surface area contributed by atoms with Crippen LogP contribution >= 0.6 is 24.0 Å². The number of rotatable bonds is 5. The molecule has 1 saturated heterocycles. The van der Waals surface area contributed by atoms with E-state index in [1.165, 1.54) is 10.7 Å². The van der Waals surface area contributed by atoms with E-state index in [4.69, 9.17) is 5.73 Å². The van der Waals surface area contributed by atoms with Crippen molar-refractivity contribution in [2.45, 2.75) is 51.1 Å². The summed E-state index contributed by atoms with van der Waals surface area (Å²) >= 11 is 0. The first-order chi connectivity index (χ1) is 11.7. The van der Waals surface area contributed by atoms with Gasteiger partial charge < -0.3 is 10.6 Å². The van der Waals surface area contributed by atoms with E-state index >= 15 is 0 Å². The van der Waals surface area contributed by atoms with Gasteiger partial charge in [-0.15, -0.1) is 24.0 Å². The minimum absolute atomic E-state index is 0. The summed E-state index contributed by atoms with van der Waals surface area (Å²) in [5.74, 6) is 1.22. The minimum atomic E-state index is -3.44. The van der Waals surface area contributed by atoms with Crippen LogP contribution in [0.4, 0.5) is 0 Å². The van der Waals surface area contributed by atoms with Crippen LogP contribution in [-0.2, 0) is 16.6 Å². The van der Waals surface area contributed by atoms with Gasteiger partial charge in [0, 0.05) is 26.2 Å². The zero-order chi connectivity index (χ0) is 18.6. The lowest BCUT2D eigenvalue weighted by molar-refractivity contribution is 0.270. The van der Waals surface area contributed by atoms with E-state index in [-0.39, 0.29) is 30.0 Å². The summed E-state index contributed by atoms with van der Waals surface area (Å²) in [6, 6.07) is 6.80. The molecule has 0 aliphatic carbocycles. The molecule has 0 aromatic heterocycles. The van der Waals surface area contributed by atoms with Crippen LogP contribution in [0.25, 0.3) is 0 Å². The lowest BCUT2D eigenvalue weighted by Crippen LogP contribution is -2.43. The molecule has 1 aliphatic heterocycles. The third kappa shape index (κ3) is 5.82. The van der Waals surface area contributed by atoms with Gasteiger partial charge in [-0.2, -0.15) is 4.31 Å². The fourth-order valence-electron chi connectivity index (χ4n) is 2.88. The number of benzene rings is 1. The zero-order valence-corrected chi connectivity index (χ0v) is 19.2. The first kappa shape index (κ1) is 23.2. The summed E-state index contributed by atoms with van der Waals surface area (Å²) in [5.41, 5.74) is 7.05. The molecular formula is C18H31IN4O2S. The normalized spacial score (nSPS) is 18.9. The number of guanidine groups is 1. The van der Waals surface area contributed by atoms with Gasteiger partial charge in [0.2, 0.25) is 10.0 Å². The Hall–Kier alpha value is -0.870. The van der Waals surface area contributed by atoms with Gasteiger partial charge in [0.1, 0.15) is 0 Å². The van der Waals surface area contributed by atoms with Gasteiger partial charge in [-0.05, 0) is 50.3 Å². The van der Waals surface area contributed by atoms with Crippen molar-refractivity contribution in [2.24, 2.45) is 16.6 Å². The summed E-state index contributed by atoms with van der Waals surface area (Å²) in [7, 11) is -1.85. The van der Waals surface area contributed by atoms with Gasteiger partial charge >= 0.3 is 0 Å². The molecule has 2 rings (SSSR count). The molecule has 1 atom stereocenters. The van der Waals surface area contributed by atoms with Crippen LogP contribution in [0.1, 0.15) is 39.2 Å². The average molecular weight is 494 g/mol. The Morgan fingerprint density at radius 1 is 1.35 bits per heavy atom. The van der Waals surface area contributed by atoms with E-state index in [1.807, 2.05) is 13.8 Å². The molecule has 0 saturated carbocycles. The van der Waals surface area contributed by atoms with Gasteiger partial charge in [0.05, 0.1) is 11.4 Å². The number of likely N-dealkylation sites (tertiary alicyclic amines) is 1. The van der Waals surface area contributed by atoms with Crippen molar-refractivity contribution in [3.05, 3.63) is 29.8 Å². The number of hydrogen-bond acceptors (Lipinski definition) is 3. The monoisotopic (exact) mass is 494 g/mol. The number of sulfonamides is 1. The van der Waals surface area contributed by atoms with Crippen LogP contribution in [0, 0.1) is 5.92 Å². The highest BCUT2D eigenvalue weighted by atomic mass is 127. The van der Waals surface area contributed by atoms with Gasteiger partial charge in [0.15, 0.2) is 5.96 Å². The summed E-state index contributed by atoms with van der Waals surface area (Å²) < 4.78 is 26.3. The number of piperidine rings is 1. The molecular weight excluding hydrogens is 463 g/mol. The average Bonchev–Trinajstić information content (AvgIpc) is 2.59. The molecule has 26 heavy (non-hydrogen) atoms. The molecule has 1 aromatic carbocycles. The second-order valence-corrected chi connectivity index (χ2v) is 9.12. The smallest absolute Gasteiger partial charge is 0.243 e. The maximum Gasteiger partial charge on any atom is 0.243 e. The van der Waals surface area contributed by atoms with Crippen molar-refractivity contribution in [1.82, 2.24) is 9.21 Å². The molecule has 8 heteroatoms. The molecule has 1 heterocycles. The van der Waals surface area contributed by atoms with Crippen molar-refractivity contribution in [2.75, 3.05) is 20.1 Å². The molecule has 0 amide bonds. The Labute approximate surface area is 174 Å². The zero-order valence-electron chi connectivity index (χ0n) is 16.1. The molecule has 1 aromatic rings. The summed E-state index contributed by atoms with van der Waals surface area (Å²) in [6.07, 6.45) is 2.39. The van der Waals surface area contributed by atoms with Crippen molar-refractivity contribution >= 4 is 40.0 Å². The van der Waals surface area contributed by atoms with Crippen LogP contribution in [0.15, 0.2) is 34.2 Å². The minimum Gasteiger partial charge on any atom is -0.370 e. The van der Waals surface area contributed by atoms with Crippen LogP contribution in [0.3, 0.4) is 0 Å². The van der Waals surface area contributed by atoms with Crippen molar-refractivity contribution in [3.63, 3.8) is 0 Å². The van der Waals surface area contributed by atoms with Crippen LogP contribution in [-0.4, -0.2) is 49.8 Å². The van der Waals surface area contributed by atoms with Gasteiger partial charge in [-0.3, -0.25) is 0 Å². The molecule has 2 N–H and O–H groups in total. The van der Waals surface area contributed by atoms with Crippen molar-refractivity contribution in [1.29, 1.82) is 0 Å². The van der Waals surface area contributed by atoms with Crippen molar-refractivity contribution < 1.29 is 8.42 Å². The summed E-state index contributed by atoms with van der Waals surface area (Å²) in [6.45, 7) is 8.30. The lowest BCUT2D eigenvalue weighted by Gasteiger charge is -2.31. The van der Waals surface area contributed by atoms with Gasteiger partial charge in [0.25, 0.3) is 0 Å². The molecule has 6 nitrogen and oxygen atoms in total. The van der Waals surface area contributed by atoms with Crippen LogP contribution < -0.4 is 5.73 Å². The molecule has 1 unspecified atom stereocenters. The first-order valence-corrected chi connectivity index (χ1v) is 10.3. The number of nitrogens with zero attached hydrogens (tertiary/aromatic N) is 3.